The third-order valence-corrected chi connectivity index (χ3v) is 3.64. The van der Waals surface area contributed by atoms with Crippen molar-refractivity contribution in [3.05, 3.63) is 52.5 Å². The molecule has 130 valence electrons. The van der Waals surface area contributed by atoms with Crippen LogP contribution in [-0.4, -0.2) is 25.4 Å². The quantitative estimate of drug-likeness (QED) is 0.669. The molecular formula is C17H13FN6O2. The fourth-order valence-electron chi connectivity index (χ4n) is 2.42. The highest BCUT2D eigenvalue weighted by molar-refractivity contribution is 5.93. The largest absolute Gasteiger partial charge is 0.366 e. The minimum Gasteiger partial charge on any atom is -0.366 e. The van der Waals surface area contributed by atoms with Gasteiger partial charge >= 0.3 is 0 Å². The van der Waals surface area contributed by atoms with Crippen LogP contribution in [0, 0.1) is 17.1 Å². The van der Waals surface area contributed by atoms with Crippen molar-refractivity contribution in [3.63, 3.8) is 0 Å². The summed E-state index contributed by atoms with van der Waals surface area (Å²) >= 11 is 0. The molecule has 3 aromatic heterocycles. The van der Waals surface area contributed by atoms with Crippen LogP contribution in [0.3, 0.4) is 0 Å². The number of nitrogens with two attached hydrogens (primary N) is 1. The van der Waals surface area contributed by atoms with Gasteiger partial charge in [-0.25, -0.2) is 14.4 Å². The number of halogens is 1. The highest BCUT2D eigenvalue weighted by Gasteiger charge is 2.12. The summed E-state index contributed by atoms with van der Waals surface area (Å²) in [7, 11) is 0. The summed E-state index contributed by atoms with van der Waals surface area (Å²) in [4.78, 5) is 34.3. The topological polar surface area (TPSA) is 130 Å². The molecule has 1 amide bonds. The number of primary amides is 1. The molecule has 0 aliphatic rings. The number of carbonyl (C=O) groups is 1. The smallest absolute Gasteiger partial charge is 0.286 e. The number of amides is 1. The summed E-state index contributed by atoms with van der Waals surface area (Å²) < 4.78 is 15.1. The number of rotatable bonds is 5. The molecule has 0 unspecified atom stereocenters. The minimum atomic E-state index is -0.940. The van der Waals surface area contributed by atoms with E-state index < -0.39 is 17.3 Å². The summed E-state index contributed by atoms with van der Waals surface area (Å²) in [6, 6.07) is 2.99. The predicted molar refractivity (Wildman–Crippen MR) is 92.0 cm³/mol. The van der Waals surface area contributed by atoms with Gasteiger partial charge in [-0.2, -0.15) is 5.26 Å². The summed E-state index contributed by atoms with van der Waals surface area (Å²) in [5.41, 5.74) is 6.52. The summed E-state index contributed by atoms with van der Waals surface area (Å²) in [5.74, 6) is -1.54. The number of aromatic amines is 1. The second kappa shape index (κ2) is 6.98. The van der Waals surface area contributed by atoms with Crippen LogP contribution in [0.1, 0.15) is 12.0 Å². The minimum absolute atomic E-state index is 0.0759. The standard InChI is InChI=1S/C17H13FN6O2/c18-12-6-11(9-24(17(12)26)5-1-4-19)13-8-22-16-15(23-13)10(7-21-16)2-3-14(20)25/h2-3,6-9H,1,5H2,(H2,20,25)(H,21,22)/b3-2+. The third kappa shape index (κ3) is 3.34. The van der Waals surface area contributed by atoms with Crippen LogP contribution in [0.5, 0.6) is 0 Å². The maximum Gasteiger partial charge on any atom is 0.286 e. The first kappa shape index (κ1) is 17.0. The van der Waals surface area contributed by atoms with Gasteiger partial charge in [-0.15, -0.1) is 0 Å². The molecule has 0 atom stereocenters. The van der Waals surface area contributed by atoms with Crippen molar-refractivity contribution in [1.29, 1.82) is 5.26 Å². The summed E-state index contributed by atoms with van der Waals surface area (Å²) in [6.45, 7) is 0.0759. The van der Waals surface area contributed by atoms with Crippen molar-refractivity contribution in [3.8, 4) is 17.3 Å². The number of hydrogen-bond acceptors (Lipinski definition) is 5. The van der Waals surface area contributed by atoms with Crippen LogP contribution in [0.4, 0.5) is 4.39 Å². The van der Waals surface area contributed by atoms with Crippen LogP contribution in [0.2, 0.25) is 0 Å². The molecular weight excluding hydrogens is 339 g/mol. The zero-order chi connectivity index (χ0) is 18.7. The summed E-state index contributed by atoms with van der Waals surface area (Å²) in [6.07, 6.45) is 7.25. The summed E-state index contributed by atoms with van der Waals surface area (Å²) in [5, 5.41) is 8.66. The number of carbonyl (C=O) groups excluding carboxylic acids is 1. The average molecular weight is 352 g/mol. The molecule has 3 aromatic rings. The lowest BCUT2D eigenvalue weighted by molar-refractivity contribution is -0.113. The van der Waals surface area contributed by atoms with Gasteiger partial charge < -0.3 is 15.3 Å². The monoisotopic (exact) mass is 352 g/mol. The lowest BCUT2D eigenvalue weighted by Crippen LogP contribution is -2.22. The number of fused-ring (bicyclic) bond motifs is 1. The Morgan fingerprint density at radius 1 is 1.50 bits per heavy atom. The lowest BCUT2D eigenvalue weighted by Gasteiger charge is -2.07. The maximum absolute atomic E-state index is 14.0. The number of hydrogen-bond donors (Lipinski definition) is 2. The SMILES string of the molecule is N#CCCn1cc(-c2cnc3[nH]cc(/C=C/C(N)=O)c3n2)cc(F)c1=O. The number of aromatic nitrogens is 4. The zero-order valence-corrected chi connectivity index (χ0v) is 13.4. The molecule has 3 N–H and O–H groups in total. The van der Waals surface area contributed by atoms with Gasteiger partial charge in [-0.05, 0) is 12.1 Å². The Balaban J connectivity index is 2.09. The van der Waals surface area contributed by atoms with Gasteiger partial charge in [0.2, 0.25) is 5.91 Å². The number of H-pyrrole nitrogens is 1. The van der Waals surface area contributed by atoms with Gasteiger partial charge in [0.05, 0.1) is 24.4 Å². The fourth-order valence-corrected chi connectivity index (χ4v) is 2.42. The Labute approximate surface area is 146 Å². The second-order valence-corrected chi connectivity index (χ2v) is 5.42. The maximum atomic E-state index is 14.0. The van der Waals surface area contributed by atoms with E-state index >= 15 is 0 Å². The van der Waals surface area contributed by atoms with Crippen LogP contribution in [-0.2, 0) is 11.3 Å². The van der Waals surface area contributed by atoms with Crippen molar-refractivity contribution in [2.75, 3.05) is 0 Å². The molecule has 3 heterocycles. The number of aryl methyl sites for hydroxylation is 1. The molecule has 0 aliphatic heterocycles. The van der Waals surface area contributed by atoms with E-state index in [0.29, 0.717) is 28.0 Å². The highest BCUT2D eigenvalue weighted by Crippen LogP contribution is 2.21. The molecule has 0 aromatic carbocycles. The molecule has 8 nitrogen and oxygen atoms in total. The molecule has 0 saturated carbocycles. The van der Waals surface area contributed by atoms with E-state index in [1.807, 2.05) is 6.07 Å². The average Bonchev–Trinajstić information content (AvgIpc) is 3.03. The predicted octanol–water partition coefficient (Wildman–Crippen LogP) is 1.34. The number of nitrogens with zero attached hydrogens (tertiary/aromatic N) is 4. The van der Waals surface area contributed by atoms with Gasteiger partial charge in [0.25, 0.3) is 5.56 Å². The van der Waals surface area contributed by atoms with Crippen LogP contribution in [0.15, 0.2) is 35.5 Å². The highest BCUT2D eigenvalue weighted by atomic mass is 19.1. The van der Waals surface area contributed by atoms with E-state index in [9.17, 15) is 14.0 Å². The van der Waals surface area contributed by atoms with E-state index in [-0.39, 0.29) is 13.0 Å². The number of nitrogens with one attached hydrogen (secondary N) is 1. The Morgan fingerprint density at radius 2 is 2.31 bits per heavy atom. The van der Waals surface area contributed by atoms with Gasteiger partial charge in [0, 0.05) is 36.1 Å². The van der Waals surface area contributed by atoms with E-state index in [2.05, 4.69) is 15.0 Å². The van der Waals surface area contributed by atoms with Crippen molar-refractivity contribution in [2.45, 2.75) is 13.0 Å². The lowest BCUT2D eigenvalue weighted by atomic mass is 10.2. The Morgan fingerprint density at radius 3 is 3.04 bits per heavy atom. The van der Waals surface area contributed by atoms with Gasteiger partial charge in [0.1, 0.15) is 5.52 Å². The molecule has 0 radical (unpaired) electrons. The molecule has 9 heteroatoms. The van der Waals surface area contributed by atoms with Gasteiger partial charge in [-0.1, -0.05) is 0 Å². The zero-order valence-electron chi connectivity index (χ0n) is 13.4. The van der Waals surface area contributed by atoms with Crippen LogP contribution in [0.25, 0.3) is 28.5 Å². The Bertz CT molecular complexity index is 1120. The first-order valence-corrected chi connectivity index (χ1v) is 7.58. The first-order chi connectivity index (χ1) is 12.5. The van der Waals surface area contributed by atoms with E-state index in [1.54, 1.807) is 6.20 Å². The van der Waals surface area contributed by atoms with Gasteiger partial charge in [-0.3, -0.25) is 9.59 Å². The first-order valence-electron chi connectivity index (χ1n) is 7.58. The molecule has 0 aliphatic carbocycles. The molecule has 3 rings (SSSR count). The van der Waals surface area contributed by atoms with E-state index in [0.717, 1.165) is 10.6 Å². The molecule has 0 spiro atoms. The fraction of sp³-hybridized carbons (Fsp3) is 0.118. The number of pyridine rings is 1. The van der Waals surface area contributed by atoms with Crippen LogP contribution < -0.4 is 11.3 Å². The van der Waals surface area contributed by atoms with Crippen molar-refractivity contribution < 1.29 is 9.18 Å². The normalized spacial score (nSPS) is 11.1. The molecule has 26 heavy (non-hydrogen) atoms. The molecule has 0 saturated heterocycles. The van der Waals surface area contributed by atoms with E-state index in [4.69, 9.17) is 11.0 Å². The van der Waals surface area contributed by atoms with Crippen LogP contribution >= 0.6 is 0 Å². The Kier molecular flexibility index (Phi) is 4.57. The van der Waals surface area contributed by atoms with Crippen molar-refractivity contribution in [1.82, 2.24) is 19.5 Å². The van der Waals surface area contributed by atoms with Crippen molar-refractivity contribution >= 4 is 23.1 Å². The Hall–Kier alpha value is -3.80. The third-order valence-electron chi connectivity index (χ3n) is 3.64. The van der Waals surface area contributed by atoms with Crippen molar-refractivity contribution in [2.24, 2.45) is 5.73 Å². The number of nitriles is 1. The second-order valence-electron chi connectivity index (χ2n) is 5.42. The van der Waals surface area contributed by atoms with Gasteiger partial charge in [0.15, 0.2) is 11.5 Å². The molecule has 0 fully saturated rings. The molecule has 0 bridgehead atoms. The van der Waals surface area contributed by atoms with E-state index in [1.165, 1.54) is 24.5 Å².